The number of hydrogen-bond donors (Lipinski definition) is 2. The Morgan fingerprint density at radius 3 is 2.48 bits per heavy atom. The van der Waals surface area contributed by atoms with Gasteiger partial charge in [0.1, 0.15) is 5.69 Å². The zero-order valence-electron chi connectivity index (χ0n) is 12.2. The van der Waals surface area contributed by atoms with Crippen molar-refractivity contribution in [2.24, 2.45) is 11.8 Å². The number of nitro benzene ring substituents is 1. The minimum atomic E-state index is -3.77. The topological polar surface area (TPSA) is 119 Å². The molecule has 0 aliphatic carbocycles. The van der Waals surface area contributed by atoms with E-state index >= 15 is 0 Å². The third-order valence-electron chi connectivity index (χ3n) is 2.88. The SMILES string of the molecule is CCN(CC(C)C)S(=O)(=O)c1ccc(NN)c([N+](=O)[O-])c1. The third kappa shape index (κ3) is 3.90. The Morgan fingerprint density at radius 2 is 2.05 bits per heavy atom. The second-order valence-electron chi connectivity index (χ2n) is 4.93. The van der Waals surface area contributed by atoms with Crippen molar-refractivity contribution < 1.29 is 13.3 Å². The average Bonchev–Trinajstić information content (AvgIpc) is 2.43. The molecule has 3 N–H and O–H groups in total. The van der Waals surface area contributed by atoms with Crippen molar-refractivity contribution in [3.63, 3.8) is 0 Å². The lowest BCUT2D eigenvalue weighted by atomic mass is 10.2. The molecule has 0 heterocycles. The zero-order valence-corrected chi connectivity index (χ0v) is 13.1. The molecule has 0 fully saturated rings. The van der Waals surface area contributed by atoms with Crippen LogP contribution in [-0.4, -0.2) is 30.7 Å². The molecule has 21 heavy (non-hydrogen) atoms. The number of nitrogens with one attached hydrogen (secondary N) is 1. The minimum absolute atomic E-state index is 0.0610. The summed E-state index contributed by atoms with van der Waals surface area (Å²) in [4.78, 5) is 10.2. The van der Waals surface area contributed by atoms with E-state index in [0.717, 1.165) is 6.07 Å². The van der Waals surface area contributed by atoms with Gasteiger partial charge >= 0.3 is 0 Å². The van der Waals surface area contributed by atoms with E-state index in [0.29, 0.717) is 13.1 Å². The van der Waals surface area contributed by atoms with Crippen molar-refractivity contribution in [3.05, 3.63) is 28.3 Å². The van der Waals surface area contributed by atoms with Gasteiger partial charge in [0.2, 0.25) is 10.0 Å². The molecular formula is C12H20N4O4S. The minimum Gasteiger partial charge on any atom is -0.318 e. The molecule has 0 bridgehead atoms. The van der Waals surface area contributed by atoms with Crippen molar-refractivity contribution in [2.75, 3.05) is 18.5 Å². The lowest BCUT2D eigenvalue weighted by Gasteiger charge is -2.22. The van der Waals surface area contributed by atoms with Gasteiger partial charge in [-0.25, -0.2) is 8.42 Å². The second-order valence-corrected chi connectivity index (χ2v) is 6.87. The molecule has 1 aromatic rings. The standard InChI is InChI=1S/C12H20N4O4S/c1-4-15(8-9(2)3)21(19,20)10-5-6-11(14-13)12(7-10)16(17)18/h5-7,9,14H,4,8,13H2,1-3H3. The summed E-state index contributed by atoms with van der Waals surface area (Å²) in [6.07, 6.45) is 0. The van der Waals surface area contributed by atoms with E-state index in [1.54, 1.807) is 6.92 Å². The highest BCUT2D eigenvalue weighted by molar-refractivity contribution is 7.89. The van der Waals surface area contributed by atoms with E-state index in [2.05, 4.69) is 5.43 Å². The molecule has 0 unspecified atom stereocenters. The van der Waals surface area contributed by atoms with Gasteiger partial charge in [-0.15, -0.1) is 0 Å². The molecule has 8 nitrogen and oxygen atoms in total. The van der Waals surface area contributed by atoms with Crippen molar-refractivity contribution in [1.29, 1.82) is 0 Å². The van der Waals surface area contributed by atoms with Crippen molar-refractivity contribution >= 4 is 21.4 Å². The summed E-state index contributed by atoms with van der Waals surface area (Å²) >= 11 is 0. The molecular weight excluding hydrogens is 296 g/mol. The first-order chi connectivity index (χ1) is 9.73. The average molecular weight is 316 g/mol. The van der Waals surface area contributed by atoms with Crippen LogP contribution in [0.3, 0.4) is 0 Å². The van der Waals surface area contributed by atoms with E-state index in [-0.39, 0.29) is 22.2 Å². The van der Waals surface area contributed by atoms with Gasteiger partial charge in [-0.05, 0) is 18.1 Å². The maximum Gasteiger partial charge on any atom is 0.294 e. The summed E-state index contributed by atoms with van der Waals surface area (Å²) in [6.45, 7) is 6.18. The highest BCUT2D eigenvalue weighted by Crippen LogP contribution is 2.28. The normalized spacial score (nSPS) is 11.9. The first-order valence-electron chi connectivity index (χ1n) is 6.49. The molecule has 0 saturated carbocycles. The molecule has 9 heteroatoms. The molecule has 0 aliphatic heterocycles. The van der Waals surface area contributed by atoms with Crippen LogP contribution in [-0.2, 0) is 10.0 Å². The molecule has 0 aliphatic rings. The molecule has 118 valence electrons. The zero-order chi connectivity index (χ0) is 16.2. The van der Waals surface area contributed by atoms with Gasteiger partial charge in [0.05, 0.1) is 9.82 Å². The number of hydrogen-bond acceptors (Lipinski definition) is 6. The van der Waals surface area contributed by atoms with E-state index in [1.807, 2.05) is 13.8 Å². The lowest BCUT2D eigenvalue weighted by molar-refractivity contribution is -0.384. The number of anilines is 1. The van der Waals surface area contributed by atoms with Gasteiger partial charge in [0, 0.05) is 19.2 Å². The lowest BCUT2D eigenvalue weighted by Crippen LogP contribution is -2.34. The fraction of sp³-hybridized carbons (Fsp3) is 0.500. The number of nitrogens with two attached hydrogens (primary N) is 1. The Hall–Kier alpha value is -1.71. The van der Waals surface area contributed by atoms with Crippen molar-refractivity contribution in [1.82, 2.24) is 4.31 Å². The Balaban J connectivity index is 3.31. The maximum atomic E-state index is 12.5. The summed E-state index contributed by atoms with van der Waals surface area (Å²) in [6, 6.07) is 3.61. The monoisotopic (exact) mass is 316 g/mol. The molecule has 1 rings (SSSR count). The van der Waals surface area contributed by atoms with E-state index in [4.69, 9.17) is 5.84 Å². The van der Waals surface area contributed by atoms with Crippen LogP contribution >= 0.6 is 0 Å². The number of sulfonamides is 1. The van der Waals surface area contributed by atoms with Crippen molar-refractivity contribution in [3.8, 4) is 0 Å². The van der Waals surface area contributed by atoms with Crippen LogP contribution in [0.5, 0.6) is 0 Å². The van der Waals surface area contributed by atoms with Crippen LogP contribution in [0.2, 0.25) is 0 Å². The summed E-state index contributed by atoms with van der Waals surface area (Å²) in [7, 11) is -3.77. The fourth-order valence-electron chi connectivity index (χ4n) is 1.90. The summed E-state index contributed by atoms with van der Waals surface area (Å²) in [5.74, 6) is 5.34. The maximum absolute atomic E-state index is 12.5. The molecule has 0 spiro atoms. The summed E-state index contributed by atoms with van der Waals surface area (Å²) in [5.41, 5.74) is 1.87. The number of benzene rings is 1. The number of hydrazine groups is 1. The largest absolute Gasteiger partial charge is 0.318 e. The van der Waals surface area contributed by atoms with Gasteiger partial charge in [-0.3, -0.25) is 16.0 Å². The molecule has 0 saturated heterocycles. The summed E-state index contributed by atoms with van der Waals surface area (Å²) < 4.78 is 26.3. The van der Waals surface area contributed by atoms with Crippen LogP contribution in [0, 0.1) is 16.0 Å². The van der Waals surface area contributed by atoms with Crippen LogP contribution in [0.25, 0.3) is 0 Å². The molecule has 1 aromatic carbocycles. The van der Waals surface area contributed by atoms with Crippen LogP contribution < -0.4 is 11.3 Å². The van der Waals surface area contributed by atoms with Crippen LogP contribution in [0.4, 0.5) is 11.4 Å². The Morgan fingerprint density at radius 1 is 1.43 bits per heavy atom. The van der Waals surface area contributed by atoms with Gasteiger partial charge < -0.3 is 5.43 Å². The van der Waals surface area contributed by atoms with Gasteiger partial charge in [0.15, 0.2) is 0 Å². The smallest absolute Gasteiger partial charge is 0.294 e. The van der Waals surface area contributed by atoms with E-state index in [1.165, 1.54) is 16.4 Å². The first-order valence-corrected chi connectivity index (χ1v) is 7.93. The molecule has 0 aromatic heterocycles. The van der Waals surface area contributed by atoms with E-state index in [9.17, 15) is 18.5 Å². The van der Waals surface area contributed by atoms with Crippen LogP contribution in [0.15, 0.2) is 23.1 Å². The Kier molecular flexibility index (Phi) is 5.64. The van der Waals surface area contributed by atoms with E-state index < -0.39 is 14.9 Å². The number of nitrogen functional groups attached to an aromatic ring is 1. The Bertz CT molecular complexity index is 616. The second kappa shape index (κ2) is 6.83. The van der Waals surface area contributed by atoms with Gasteiger partial charge in [-0.1, -0.05) is 20.8 Å². The first kappa shape index (κ1) is 17.3. The van der Waals surface area contributed by atoms with Crippen LogP contribution in [0.1, 0.15) is 20.8 Å². The number of rotatable bonds is 7. The molecule has 0 radical (unpaired) electrons. The summed E-state index contributed by atoms with van der Waals surface area (Å²) in [5, 5.41) is 11.0. The third-order valence-corrected chi connectivity index (χ3v) is 4.82. The predicted octanol–water partition coefficient (Wildman–Crippen LogP) is 1.55. The highest BCUT2D eigenvalue weighted by atomic mass is 32.2. The number of nitro groups is 1. The molecule has 0 amide bonds. The van der Waals surface area contributed by atoms with Gasteiger partial charge in [0.25, 0.3) is 5.69 Å². The molecule has 0 atom stereocenters. The quantitative estimate of drug-likeness (QED) is 0.447. The predicted molar refractivity (Wildman–Crippen MR) is 80.2 cm³/mol. The highest BCUT2D eigenvalue weighted by Gasteiger charge is 2.26. The Labute approximate surface area is 124 Å². The van der Waals surface area contributed by atoms with Crippen molar-refractivity contribution in [2.45, 2.75) is 25.7 Å². The number of nitrogens with zero attached hydrogens (tertiary/aromatic N) is 2. The van der Waals surface area contributed by atoms with Gasteiger partial charge in [-0.2, -0.15) is 4.31 Å². The fourth-order valence-corrected chi connectivity index (χ4v) is 3.53.